The van der Waals surface area contributed by atoms with Gasteiger partial charge in [-0.15, -0.1) is 0 Å². The van der Waals surface area contributed by atoms with Crippen LogP contribution in [0.1, 0.15) is 0 Å². The molecule has 0 bridgehead atoms. The van der Waals surface area contributed by atoms with Crippen molar-refractivity contribution in [3.8, 4) is 0 Å². The minimum absolute atomic E-state index is 0.768. The molecule has 0 amide bonds. The molecule has 0 spiro atoms. The average Bonchev–Trinajstić information content (AvgIpc) is 1.30. The van der Waals surface area contributed by atoms with E-state index in [2.05, 4.69) is 25.3 Å². The van der Waals surface area contributed by atoms with Gasteiger partial charge in [-0.2, -0.15) is 0 Å². The van der Waals surface area contributed by atoms with Crippen LogP contribution in [0.3, 0.4) is 0 Å². The third kappa shape index (κ3) is 6.39. The van der Waals surface area contributed by atoms with Crippen LogP contribution in [0.5, 0.6) is 0 Å². The van der Waals surface area contributed by atoms with Gasteiger partial charge in [0.1, 0.15) is 0 Å². The fourth-order valence-corrected chi connectivity index (χ4v) is 1.59. The van der Waals surface area contributed by atoms with Crippen molar-refractivity contribution in [2.75, 3.05) is 33.3 Å². The molecule has 0 heterocycles. The molecule has 0 saturated carbocycles. The van der Waals surface area contributed by atoms with Gasteiger partial charge in [0.2, 0.25) is 0 Å². The summed E-state index contributed by atoms with van der Waals surface area (Å²) in [6.07, 6.45) is 1.23. The minimum atomic E-state index is -0.768. The predicted octanol–water partition coefficient (Wildman–Crippen LogP) is 0.803. The van der Waals surface area contributed by atoms with Crippen LogP contribution in [0.2, 0.25) is 0 Å². The average molecular weight is 121 g/mol. The van der Waals surface area contributed by atoms with Crippen molar-refractivity contribution in [2.24, 2.45) is 0 Å². The number of nitrogens with one attached hydrogen (secondary N) is 1. The summed E-state index contributed by atoms with van der Waals surface area (Å²) in [5, 5.41) is 3.17. The quantitative estimate of drug-likeness (QED) is 0.533. The summed E-state index contributed by atoms with van der Waals surface area (Å²) in [5.41, 5.74) is 0. The van der Waals surface area contributed by atoms with Crippen LogP contribution in [0.15, 0.2) is 0 Å². The van der Waals surface area contributed by atoms with Gasteiger partial charge in [0.25, 0.3) is 0 Å². The molecule has 0 aliphatic rings. The zero-order valence-corrected chi connectivity index (χ0v) is 6.71. The van der Waals surface area contributed by atoms with Crippen LogP contribution in [-0.2, 0) is 0 Å². The monoisotopic (exact) mass is 121 g/mol. The van der Waals surface area contributed by atoms with E-state index in [-0.39, 0.29) is 0 Å². The van der Waals surface area contributed by atoms with E-state index in [4.69, 9.17) is 0 Å². The molecule has 1 N–H and O–H groups in total. The zero-order chi connectivity index (χ0) is 5.91. The molecule has 7 heavy (non-hydrogen) atoms. The van der Waals surface area contributed by atoms with Crippen molar-refractivity contribution in [3.63, 3.8) is 0 Å². The first kappa shape index (κ1) is 7.39. The Morgan fingerprint density at radius 3 is 1.71 bits per heavy atom. The summed E-state index contributed by atoms with van der Waals surface area (Å²) in [5.74, 6) is 0. The van der Waals surface area contributed by atoms with E-state index in [9.17, 15) is 0 Å². The third-order valence-electron chi connectivity index (χ3n) is 0.707. The first-order chi connectivity index (χ1) is 3.06. The second-order valence-corrected chi connectivity index (χ2v) is 8.57. The normalized spacial score (nSPS) is 14.3. The zero-order valence-electron chi connectivity index (χ0n) is 5.71. The Hall–Kier alpha value is 0.390. The first-order valence-electron chi connectivity index (χ1n) is 2.71. The van der Waals surface area contributed by atoms with Gasteiger partial charge < -0.3 is 0 Å². The van der Waals surface area contributed by atoms with Gasteiger partial charge >= 0.3 is 45.9 Å². The first-order valence-corrected chi connectivity index (χ1v) is 6.41. The molecule has 0 aliphatic heterocycles. The van der Waals surface area contributed by atoms with Crippen molar-refractivity contribution in [1.29, 1.82) is 0 Å². The number of rotatable bonds is 2. The number of hydrogen-bond acceptors (Lipinski definition) is 1. The van der Waals surface area contributed by atoms with E-state index in [1.54, 1.807) is 0 Å². The summed E-state index contributed by atoms with van der Waals surface area (Å²) >= 11 is 0. The Morgan fingerprint density at radius 1 is 1.29 bits per heavy atom. The van der Waals surface area contributed by atoms with Crippen LogP contribution in [0.4, 0.5) is 0 Å². The van der Waals surface area contributed by atoms with Gasteiger partial charge in [0, 0.05) is 0 Å². The van der Waals surface area contributed by atoms with Crippen LogP contribution < -0.4 is 5.32 Å². The molecule has 0 unspecified atom stereocenters. The number of hydrogen-bond donors (Lipinski definition) is 1. The van der Waals surface area contributed by atoms with Gasteiger partial charge in [0.15, 0.2) is 0 Å². The van der Waals surface area contributed by atoms with Crippen molar-refractivity contribution in [3.05, 3.63) is 0 Å². The molecule has 0 aliphatic carbocycles. The van der Waals surface area contributed by atoms with E-state index in [1.165, 1.54) is 6.29 Å². The van der Waals surface area contributed by atoms with E-state index in [1.807, 2.05) is 7.05 Å². The van der Waals surface area contributed by atoms with Gasteiger partial charge in [0.05, 0.1) is 0 Å². The molecule has 0 radical (unpaired) electrons. The second-order valence-electron chi connectivity index (χ2n) is 3.09. The summed E-state index contributed by atoms with van der Waals surface area (Å²) < 4.78 is 0. The molecule has 0 aromatic heterocycles. The Bertz CT molecular complexity index is 46.5. The Balaban J connectivity index is 3.15. The summed E-state index contributed by atoms with van der Waals surface area (Å²) in [4.78, 5) is 0. The summed E-state index contributed by atoms with van der Waals surface area (Å²) in [6, 6.07) is 0. The molecule has 1 nitrogen and oxygen atoms in total. The van der Waals surface area contributed by atoms with E-state index >= 15 is 0 Å². The van der Waals surface area contributed by atoms with Crippen LogP contribution >= 0.6 is 7.26 Å². The van der Waals surface area contributed by atoms with E-state index in [0.717, 1.165) is 0 Å². The van der Waals surface area contributed by atoms with Crippen LogP contribution in [0.25, 0.3) is 0 Å². The molecule has 0 aromatic rings. The van der Waals surface area contributed by atoms with Crippen molar-refractivity contribution >= 4 is 7.26 Å². The summed E-state index contributed by atoms with van der Waals surface area (Å²) in [7, 11) is 1.24. The van der Waals surface area contributed by atoms with Crippen molar-refractivity contribution < 1.29 is 0 Å². The molecule has 0 rings (SSSR count). The Morgan fingerprint density at radius 2 is 1.71 bits per heavy atom. The van der Waals surface area contributed by atoms with E-state index in [0.29, 0.717) is 0 Å². The molecule has 0 fully saturated rings. The second kappa shape index (κ2) is 2.64. The summed E-state index contributed by atoms with van der Waals surface area (Å²) in [6.45, 7) is 7.05. The standard InChI is InChI=1S/C5H16NP/c1-6-5-7(2,3)4/h6-7H,5H2,1-4H3. The Kier molecular flexibility index (Phi) is 2.78. The maximum absolute atomic E-state index is 3.17. The molecule has 0 aromatic carbocycles. The van der Waals surface area contributed by atoms with Gasteiger partial charge in [-0.3, -0.25) is 0 Å². The predicted molar refractivity (Wildman–Crippen MR) is 40.0 cm³/mol. The SMILES string of the molecule is CNC[PH](C)(C)C. The Labute approximate surface area is 46.8 Å². The van der Waals surface area contributed by atoms with E-state index < -0.39 is 7.26 Å². The molecule has 0 saturated heterocycles. The third-order valence-corrected chi connectivity index (χ3v) is 2.12. The fourth-order valence-electron chi connectivity index (χ4n) is 0.530. The maximum atomic E-state index is 3.17. The molecule has 2 heteroatoms. The molecule has 0 atom stereocenters. The molecule has 46 valence electrons. The van der Waals surface area contributed by atoms with Crippen molar-refractivity contribution in [2.45, 2.75) is 0 Å². The van der Waals surface area contributed by atoms with Gasteiger partial charge in [-0.25, -0.2) is 0 Å². The van der Waals surface area contributed by atoms with Gasteiger partial charge in [-0.05, 0) is 0 Å². The van der Waals surface area contributed by atoms with Crippen LogP contribution in [-0.4, -0.2) is 33.3 Å². The molecular formula is C5H16NP. The van der Waals surface area contributed by atoms with Crippen LogP contribution in [0, 0.1) is 0 Å². The topological polar surface area (TPSA) is 12.0 Å². The van der Waals surface area contributed by atoms with Gasteiger partial charge in [-0.1, -0.05) is 0 Å². The fraction of sp³-hybridized carbons (Fsp3) is 1.00. The molecular weight excluding hydrogens is 105 g/mol. The van der Waals surface area contributed by atoms with Crippen molar-refractivity contribution in [1.82, 2.24) is 5.32 Å².